The van der Waals surface area contributed by atoms with Gasteiger partial charge in [-0.3, -0.25) is 9.78 Å². The third-order valence-electron chi connectivity index (χ3n) is 3.21. The van der Waals surface area contributed by atoms with Crippen molar-refractivity contribution in [2.24, 2.45) is 17.4 Å². The number of nitrogens with zero attached hydrogens (tertiary/aromatic N) is 2. The summed E-state index contributed by atoms with van der Waals surface area (Å²) in [6, 6.07) is 3.12. The number of aromatic nitrogens is 1. The van der Waals surface area contributed by atoms with Crippen LogP contribution in [0.2, 0.25) is 0 Å². The van der Waals surface area contributed by atoms with Gasteiger partial charge in [0.15, 0.2) is 0 Å². The summed E-state index contributed by atoms with van der Waals surface area (Å²) in [7, 11) is 0. The molecule has 5 heteroatoms. The molecule has 3 atom stereocenters. The molecule has 2 rings (SSSR count). The number of piperidine rings is 1. The summed E-state index contributed by atoms with van der Waals surface area (Å²) in [5.74, 6) is 0.0926. The number of amides is 1. The number of nitrogens with two attached hydrogens (primary N) is 2. The molecule has 1 amide bonds. The van der Waals surface area contributed by atoms with Crippen molar-refractivity contribution < 1.29 is 4.79 Å². The van der Waals surface area contributed by atoms with Gasteiger partial charge in [0.25, 0.3) is 0 Å². The van der Waals surface area contributed by atoms with E-state index < -0.39 is 6.04 Å². The SMILES string of the molecule is CC1CC(N)C(C(N)=O)N(c2ccncc2)C1. The molecule has 1 fully saturated rings. The summed E-state index contributed by atoms with van der Waals surface area (Å²) in [5.41, 5.74) is 12.4. The second-order valence-corrected chi connectivity index (χ2v) is 4.71. The van der Waals surface area contributed by atoms with Gasteiger partial charge >= 0.3 is 0 Å². The van der Waals surface area contributed by atoms with Gasteiger partial charge in [0.1, 0.15) is 6.04 Å². The van der Waals surface area contributed by atoms with Crippen LogP contribution >= 0.6 is 0 Å². The molecular formula is C12H18N4O. The lowest BCUT2D eigenvalue weighted by Crippen LogP contribution is -2.60. The molecule has 0 aromatic carbocycles. The van der Waals surface area contributed by atoms with E-state index in [2.05, 4.69) is 11.9 Å². The van der Waals surface area contributed by atoms with Crippen molar-refractivity contribution in [1.82, 2.24) is 4.98 Å². The Hall–Kier alpha value is -1.62. The zero-order valence-corrected chi connectivity index (χ0v) is 9.91. The van der Waals surface area contributed by atoms with E-state index in [1.54, 1.807) is 12.4 Å². The van der Waals surface area contributed by atoms with Crippen LogP contribution in [0.3, 0.4) is 0 Å². The molecule has 4 N–H and O–H groups in total. The first-order chi connectivity index (χ1) is 8.09. The molecule has 0 spiro atoms. The lowest BCUT2D eigenvalue weighted by molar-refractivity contribution is -0.120. The highest BCUT2D eigenvalue weighted by molar-refractivity contribution is 5.84. The normalized spacial score (nSPS) is 29.1. The van der Waals surface area contributed by atoms with Gasteiger partial charge < -0.3 is 16.4 Å². The third-order valence-corrected chi connectivity index (χ3v) is 3.21. The average Bonchev–Trinajstić information content (AvgIpc) is 2.28. The number of carbonyl (C=O) groups excluding carboxylic acids is 1. The second-order valence-electron chi connectivity index (χ2n) is 4.71. The molecule has 1 aromatic heterocycles. The average molecular weight is 234 g/mol. The van der Waals surface area contributed by atoms with E-state index in [0.29, 0.717) is 5.92 Å². The molecule has 5 nitrogen and oxygen atoms in total. The Morgan fingerprint density at radius 1 is 1.47 bits per heavy atom. The molecule has 0 aliphatic carbocycles. The van der Waals surface area contributed by atoms with Gasteiger partial charge in [-0.2, -0.15) is 0 Å². The fourth-order valence-electron chi connectivity index (χ4n) is 2.51. The predicted molar refractivity (Wildman–Crippen MR) is 66.3 cm³/mol. The lowest BCUT2D eigenvalue weighted by Gasteiger charge is -2.42. The molecule has 0 radical (unpaired) electrons. The van der Waals surface area contributed by atoms with Gasteiger partial charge in [-0.25, -0.2) is 0 Å². The summed E-state index contributed by atoms with van der Waals surface area (Å²) in [5, 5.41) is 0. The van der Waals surface area contributed by atoms with Crippen LogP contribution in [0.15, 0.2) is 24.5 Å². The van der Waals surface area contributed by atoms with Crippen molar-refractivity contribution in [3.05, 3.63) is 24.5 Å². The van der Waals surface area contributed by atoms with E-state index in [1.165, 1.54) is 0 Å². The Morgan fingerprint density at radius 2 is 2.12 bits per heavy atom. The number of hydrogen-bond acceptors (Lipinski definition) is 4. The molecule has 1 aliphatic rings. The van der Waals surface area contributed by atoms with Gasteiger partial charge in [0, 0.05) is 30.7 Å². The molecule has 2 heterocycles. The molecule has 0 bridgehead atoms. The molecule has 1 aliphatic heterocycles. The van der Waals surface area contributed by atoms with E-state index in [-0.39, 0.29) is 11.9 Å². The summed E-state index contributed by atoms with van der Waals surface area (Å²) in [4.78, 5) is 17.5. The Kier molecular flexibility index (Phi) is 3.28. The maximum absolute atomic E-state index is 11.5. The fraction of sp³-hybridized carbons (Fsp3) is 0.500. The Bertz CT molecular complexity index is 395. The van der Waals surface area contributed by atoms with Crippen molar-refractivity contribution in [1.29, 1.82) is 0 Å². The van der Waals surface area contributed by atoms with Crippen molar-refractivity contribution in [2.45, 2.75) is 25.4 Å². The van der Waals surface area contributed by atoms with E-state index in [1.807, 2.05) is 17.0 Å². The standard InChI is InChI=1S/C12H18N4O/c1-8-6-10(13)11(12(14)17)16(7-8)9-2-4-15-5-3-9/h2-5,8,10-11H,6-7,13H2,1H3,(H2,14,17). The number of anilines is 1. The van der Waals surface area contributed by atoms with Gasteiger partial charge in [-0.05, 0) is 24.5 Å². The maximum Gasteiger partial charge on any atom is 0.241 e. The fourth-order valence-corrected chi connectivity index (χ4v) is 2.51. The van der Waals surface area contributed by atoms with Gasteiger partial charge in [0.2, 0.25) is 5.91 Å². The first-order valence-electron chi connectivity index (χ1n) is 5.81. The minimum atomic E-state index is -0.423. The molecule has 3 unspecified atom stereocenters. The zero-order chi connectivity index (χ0) is 12.4. The first-order valence-corrected chi connectivity index (χ1v) is 5.81. The topological polar surface area (TPSA) is 85.2 Å². The van der Waals surface area contributed by atoms with Crippen LogP contribution in [0.5, 0.6) is 0 Å². The Morgan fingerprint density at radius 3 is 2.71 bits per heavy atom. The third kappa shape index (κ3) is 2.39. The van der Waals surface area contributed by atoms with Crippen LogP contribution in [-0.2, 0) is 4.79 Å². The summed E-state index contributed by atoms with van der Waals surface area (Å²) >= 11 is 0. The van der Waals surface area contributed by atoms with E-state index in [4.69, 9.17) is 11.5 Å². The van der Waals surface area contributed by atoms with E-state index in [9.17, 15) is 4.79 Å². The van der Waals surface area contributed by atoms with Gasteiger partial charge in [-0.1, -0.05) is 6.92 Å². The summed E-state index contributed by atoms with van der Waals surface area (Å²) in [6.45, 7) is 2.93. The predicted octanol–water partition coefficient (Wildman–Crippen LogP) is 0.109. The van der Waals surface area contributed by atoms with Crippen LogP contribution in [0.1, 0.15) is 13.3 Å². The number of carbonyl (C=O) groups is 1. The lowest BCUT2D eigenvalue weighted by atomic mass is 9.89. The quantitative estimate of drug-likeness (QED) is 0.760. The number of pyridine rings is 1. The minimum absolute atomic E-state index is 0.204. The van der Waals surface area contributed by atoms with Crippen LogP contribution in [0.4, 0.5) is 5.69 Å². The van der Waals surface area contributed by atoms with Crippen LogP contribution in [0.25, 0.3) is 0 Å². The Balaban J connectivity index is 2.31. The highest BCUT2D eigenvalue weighted by Gasteiger charge is 2.36. The van der Waals surface area contributed by atoms with E-state index in [0.717, 1.165) is 18.7 Å². The van der Waals surface area contributed by atoms with Gasteiger partial charge in [-0.15, -0.1) is 0 Å². The molecule has 17 heavy (non-hydrogen) atoms. The molecular weight excluding hydrogens is 216 g/mol. The number of primary amides is 1. The molecule has 1 saturated heterocycles. The maximum atomic E-state index is 11.5. The summed E-state index contributed by atoms with van der Waals surface area (Å²) in [6.07, 6.45) is 4.24. The van der Waals surface area contributed by atoms with Crippen molar-refractivity contribution >= 4 is 11.6 Å². The first kappa shape index (κ1) is 11.9. The van der Waals surface area contributed by atoms with E-state index >= 15 is 0 Å². The molecule has 0 saturated carbocycles. The van der Waals surface area contributed by atoms with Crippen molar-refractivity contribution in [3.8, 4) is 0 Å². The van der Waals surface area contributed by atoms with Crippen molar-refractivity contribution in [2.75, 3.05) is 11.4 Å². The summed E-state index contributed by atoms with van der Waals surface area (Å²) < 4.78 is 0. The number of rotatable bonds is 2. The molecule has 1 aromatic rings. The molecule has 92 valence electrons. The second kappa shape index (κ2) is 4.71. The monoisotopic (exact) mass is 234 g/mol. The highest BCUT2D eigenvalue weighted by Crippen LogP contribution is 2.26. The zero-order valence-electron chi connectivity index (χ0n) is 9.91. The van der Waals surface area contributed by atoms with Crippen LogP contribution in [0, 0.1) is 5.92 Å². The van der Waals surface area contributed by atoms with Crippen molar-refractivity contribution in [3.63, 3.8) is 0 Å². The van der Waals surface area contributed by atoms with Crippen LogP contribution < -0.4 is 16.4 Å². The van der Waals surface area contributed by atoms with Crippen LogP contribution in [-0.4, -0.2) is 29.5 Å². The smallest absolute Gasteiger partial charge is 0.241 e. The Labute approximate surface area is 101 Å². The minimum Gasteiger partial charge on any atom is -0.368 e. The highest BCUT2D eigenvalue weighted by atomic mass is 16.1. The van der Waals surface area contributed by atoms with Gasteiger partial charge in [0.05, 0.1) is 0 Å². The number of hydrogen-bond donors (Lipinski definition) is 2. The largest absolute Gasteiger partial charge is 0.368 e.